The molecule has 22 heavy (non-hydrogen) atoms. The minimum Gasteiger partial charge on any atom is -0.507 e. The Labute approximate surface area is 128 Å². The number of hydrogen-bond donors (Lipinski definition) is 1. The summed E-state index contributed by atoms with van der Waals surface area (Å²) in [4.78, 5) is 35.0. The average molecular weight is 309 g/mol. The number of methoxy groups -OCH3 is 2. The zero-order valence-electron chi connectivity index (χ0n) is 12.6. The molecular formula is C15H19NO6. The van der Waals surface area contributed by atoms with Gasteiger partial charge in [-0.3, -0.25) is 14.4 Å². The van der Waals surface area contributed by atoms with E-state index < -0.39 is 0 Å². The summed E-state index contributed by atoms with van der Waals surface area (Å²) in [6.45, 7) is 0.618. The standard InChI is InChI=1S/C15H19NO6/c1-21-14(19)5-7-16(8-6-15(20)22-2)12-4-3-11(10-17)13(18)9-12/h3-4,9-10,18H,5-8H2,1-2H3. The van der Waals surface area contributed by atoms with Gasteiger partial charge < -0.3 is 19.5 Å². The van der Waals surface area contributed by atoms with E-state index in [4.69, 9.17) is 0 Å². The first kappa shape index (κ1) is 17.5. The third kappa shape index (κ3) is 5.08. The third-order valence-corrected chi connectivity index (χ3v) is 3.13. The topological polar surface area (TPSA) is 93.1 Å². The quantitative estimate of drug-likeness (QED) is 0.568. The van der Waals surface area contributed by atoms with Crippen molar-refractivity contribution in [1.82, 2.24) is 0 Å². The first-order chi connectivity index (χ1) is 10.5. The Morgan fingerprint density at radius 3 is 2.09 bits per heavy atom. The van der Waals surface area contributed by atoms with Crippen LogP contribution in [0.25, 0.3) is 0 Å². The smallest absolute Gasteiger partial charge is 0.307 e. The minimum atomic E-state index is -0.378. The molecule has 0 fully saturated rings. The first-order valence-corrected chi connectivity index (χ1v) is 6.68. The molecule has 0 unspecified atom stereocenters. The number of ether oxygens (including phenoxy) is 2. The lowest BCUT2D eigenvalue weighted by atomic mass is 10.1. The number of benzene rings is 1. The van der Waals surface area contributed by atoms with Gasteiger partial charge in [-0.25, -0.2) is 0 Å². The van der Waals surface area contributed by atoms with E-state index in [2.05, 4.69) is 9.47 Å². The van der Waals surface area contributed by atoms with Gasteiger partial charge in [0.25, 0.3) is 0 Å². The summed E-state index contributed by atoms with van der Waals surface area (Å²) in [7, 11) is 2.59. The molecule has 1 aromatic rings. The van der Waals surface area contributed by atoms with Crippen LogP contribution in [0.3, 0.4) is 0 Å². The van der Waals surface area contributed by atoms with Crippen LogP contribution in [0.2, 0.25) is 0 Å². The molecule has 7 heteroatoms. The van der Waals surface area contributed by atoms with Gasteiger partial charge in [-0.15, -0.1) is 0 Å². The molecule has 0 aliphatic heterocycles. The maximum Gasteiger partial charge on any atom is 0.307 e. The Kier molecular flexibility index (Phi) is 6.88. The van der Waals surface area contributed by atoms with Crippen molar-refractivity contribution in [2.24, 2.45) is 0 Å². The van der Waals surface area contributed by atoms with Crippen molar-refractivity contribution in [2.75, 3.05) is 32.2 Å². The Morgan fingerprint density at radius 2 is 1.68 bits per heavy atom. The van der Waals surface area contributed by atoms with Gasteiger partial charge >= 0.3 is 11.9 Å². The molecule has 0 spiro atoms. The highest BCUT2D eigenvalue weighted by molar-refractivity contribution is 5.80. The monoisotopic (exact) mass is 309 g/mol. The normalized spacial score (nSPS) is 9.91. The first-order valence-electron chi connectivity index (χ1n) is 6.68. The van der Waals surface area contributed by atoms with E-state index in [1.165, 1.54) is 26.4 Å². The largest absolute Gasteiger partial charge is 0.507 e. The lowest BCUT2D eigenvalue weighted by Crippen LogP contribution is -2.29. The molecule has 0 saturated carbocycles. The van der Waals surface area contributed by atoms with Crippen LogP contribution in [-0.2, 0) is 19.1 Å². The summed E-state index contributed by atoms with van der Waals surface area (Å²) < 4.78 is 9.18. The van der Waals surface area contributed by atoms with E-state index in [1.54, 1.807) is 11.0 Å². The van der Waals surface area contributed by atoms with Crippen molar-refractivity contribution < 1.29 is 29.0 Å². The van der Waals surface area contributed by atoms with E-state index in [0.29, 0.717) is 25.1 Å². The summed E-state index contributed by atoms with van der Waals surface area (Å²) in [6.07, 6.45) is 0.814. The third-order valence-electron chi connectivity index (χ3n) is 3.13. The van der Waals surface area contributed by atoms with Gasteiger partial charge in [-0.1, -0.05) is 0 Å². The van der Waals surface area contributed by atoms with Crippen LogP contribution < -0.4 is 4.90 Å². The van der Waals surface area contributed by atoms with Crippen LogP contribution in [-0.4, -0.2) is 50.6 Å². The number of phenols is 1. The molecule has 1 aromatic carbocycles. The maximum atomic E-state index is 11.3. The zero-order chi connectivity index (χ0) is 16.5. The number of aldehydes is 1. The van der Waals surface area contributed by atoms with Gasteiger partial charge in [-0.2, -0.15) is 0 Å². The highest BCUT2D eigenvalue weighted by Crippen LogP contribution is 2.24. The van der Waals surface area contributed by atoms with Gasteiger partial charge in [0, 0.05) is 24.8 Å². The molecule has 0 heterocycles. The van der Waals surface area contributed by atoms with Gasteiger partial charge in [0.2, 0.25) is 0 Å². The van der Waals surface area contributed by atoms with Crippen molar-refractivity contribution in [3.8, 4) is 5.75 Å². The molecule has 0 amide bonds. The molecule has 0 aromatic heterocycles. The second-order valence-corrected chi connectivity index (χ2v) is 4.50. The number of rotatable bonds is 8. The highest BCUT2D eigenvalue weighted by atomic mass is 16.5. The van der Waals surface area contributed by atoms with E-state index in [0.717, 1.165) is 0 Å². The van der Waals surface area contributed by atoms with E-state index in [9.17, 15) is 19.5 Å². The fourth-order valence-corrected chi connectivity index (χ4v) is 1.86. The van der Waals surface area contributed by atoms with Gasteiger partial charge in [0.15, 0.2) is 6.29 Å². The molecule has 0 aliphatic carbocycles. The second-order valence-electron chi connectivity index (χ2n) is 4.50. The average Bonchev–Trinajstić information content (AvgIpc) is 2.54. The number of carbonyl (C=O) groups is 3. The van der Waals surface area contributed by atoms with Crippen LogP contribution in [0.4, 0.5) is 5.69 Å². The predicted octanol–water partition coefficient (Wildman–Crippen LogP) is 1.14. The summed E-state index contributed by atoms with van der Waals surface area (Å²) >= 11 is 0. The summed E-state index contributed by atoms with van der Waals surface area (Å²) in [5, 5.41) is 9.75. The minimum absolute atomic E-state index is 0.133. The van der Waals surface area contributed by atoms with Crippen LogP contribution >= 0.6 is 0 Å². The molecule has 0 saturated heterocycles. The van der Waals surface area contributed by atoms with Crippen LogP contribution in [0.15, 0.2) is 18.2 Å². The number of anilines is 1. The summed E-state index contributed by atoms with van der Waals surface area (Å²) in [6, 6.07) is 4.53. The van der Waals surface area contributed by atoms with Gasteiger partial charge in [0.1, 0.15) is 5.75 Å². The van der Waals surface area contributed by atoms with Crippen molar-refractivity contribution >= 4 is 23.9 Å². The highest BCUT2D eigenvalue weighted by Gasteiger charge is 2.13. The molecule has 0 aliphatic rings. The number of nitrogens with zero attached hydrogens (tertiary/aromatic N) is 1. The number of carbonyl (C=O) groups excluding carboxylic acids is 3. The number of phenolic OH excluding ortho intramolecular Hbond substituents is 1. The van der Waals surface area contributed by atoms with Crippen molar-refractivity contribution in [1.29, 1.82) is 0 Å². The lowest BCUT2D eigenvalue weighted by molar-refractivity contribution is -0.140. The number of esters is 2. The maximum absolute atomic E-state index is 11.3. The molecule has 120 valence electrons. The Morgan fingerprint density at radius 1 is 1.14 bits per heavy atom. The summed E-state index contributed by atoms with van der Waals surface area (Å²) in [5.41, 5.74) is 0.764. The fraction of sp³-hybridized carbons (Fsp3) is 0.400. The molecule has 0 atom stereocenters. The van der Waals surface area contributed by atoms with E-state index >= 15 is 0 Å². The fourth-order valence-electron chi connectivity index (χ4n) is 1.86. The van der Waals surface area contributed by atoms with Crippen molar-refractivity contribution in [3.63, 3.8) is 0 Å². The Bertz CT molecular complexity index is 523. The number of hydrogen-bond acceptors (Lipinski definition) is 7. The van der Waals surface area contributed by atoms with Gasteiger partial charge in [-0.05, 0) is 12.1 Å². The van der Waals surface area contributed by atoms with Gasteiger partial charge in [0.05, 0.1) is 32.6 Å². The molecule has 0 bridgehead atoms. The molecule has 7 nitrogen and oxygen atoms in total. The second kappa shape index (κ2) is 8.66. The lowest BCUT2D eigenvalue weighted by Gasteiger charge is -2.24. The molecule has 0 radical (unpaired) electrons. The summed E-state index contributed by atoms with van der Waals surface area (Å²) in [5.74, 6) is -0.915. The Hall–Kier alpha value is -2.57. The van der Waals surface area contributed by atoms with Crippen molar-refractivity contribution in [3.05, 3.63) is 23.8 Å². The molecule has 1 rings (SSSR count). The molecule has 1 N–H and O–H groups in total. The van der Waals surface area contributed by atoms with Crippen molar-refractivity contribution in [2.45, 2.75) is 12.8 Å². The van der Waals surface area contributed by atoms with Crippen LogP contribution in [0.5, 0.6) is 5.75 Å². The van der Waals surface area contributed by atoms with Crippen LogP contribution in [0, 0.1) is 0 Å². The van der Waals surface area contributed by atoms with Crippen LogP contribution in [0.1, 0.15) is 23.2 Å². The number of aromatic hydroxyl groups is 1. The zero-order valence-corrected chi connectivity index (χ0v) is 12.6. The van der Waals surface area contributed by atoms with E-state index in [-0.39, 0.29) is 36.1 Å². The predicted molar refractivity (Wildman–Crippen MR) is 79.0 cm³/mol. The Balaban J connectivity index is 2.87. The van der Waals surface area contributed by atoms with E-state index in [1.807, 2.05) is 0 Å². The molecular weight excluding hydrogens is 290 g/mol. The SMILES string of the molecule is COC(=O)CCN(CCC(=O)OC)c1ccc(C=O)c(O)c1.